The molecule has 2 amide bonds. The van der Waals surface area contributed by atoms with Gasteiger partial charge in [0.25, 0.3) is 5.91 Å². The van der Waals surface area contributed by atoms with E-state index in [4.69, 9.17) is 25.8 Å². The van der Waals surface area contributed by atoms with Gasteiger partial charge >= 0.3 is 5.97 Å². The number of benzene rings is 3. The molecule has 2 bridgehead atoms. The van der Waals surface area contributed by atoms with E-state index in [1.807, 2.05) is 50.2 Å². The van der Waals surface area contributed by atoms with E-state index >= 15 is 0 Å². The Balaban J connectivity index is 1.21. The number of hydrogen-bond acceptors (Lipinski definition) is 7. The number of fused-ring (bicyclic) bond motifs is 2. The Bertz CT molecular complexity index is 1860. The molecular weight excluding hydrogens is 704 g/mol. The van der Waals surface area contributed by atoms with Crippen molar-refractivity contribution in [1.82, 2.24) is 15.1 Å². The molecule has 0 radical (unpaired) electrons. The molecule has 1 saturated heterocycles. The fraction of sp³-hybridized carbons (Fsp3) is 0.439. The minimum atomic E-state index is -0.913. The van der Waals surface area contributed by atoms with Gasteiger partial charge in [0, 0.05) is 50.1 Å². The van der Waals surface area contributed by atoms with Gasteiger partial charge in [-0.25, -0.2) is 8.78 Å². The molecule has 2 aliphatic heterocycles. The molecule has 1 aliphatic carbocycles. The molecule has 3 aliphatic rings. The summed E-state index contributed by atoms with van der Waals surface area (Å²) >= 11 is 6.35. The molecule has 2 heterocycles. The molecule has 53 heavy (non-hydrogen) atoms. The number of carbonyl (C=O) groups is 3. The number of nitrogens with one attached hydrogen (secondary N) is 1. The van der Waals surface area contributed by atoms with Gasteiger partial charge < -0.3 is 29.3 Å². The van der Waals surface area contributed by atoms with Crippen LogP contribution in [-0.2, 0) is 25.5 Å². The first-order valence-corrected chi connectivity index (χ1v) is 18.6. The Labute approximate surface area is 314 Å². The normalized spacial score (nSPS) is 18.1. The quantitative estimate of drug-likeness (QED) is 0.138. The van der Waals surface area contributed by atoms with Gasteiger partial charge in [-0.05, 0) is 104 Å². The van der Waals surface area contributed by atoms with Crippen molar-refractivity contribution in [2.24, 2.45) is 0 Å². The maximum Gasteiger partial charge on any atom is 0.305 e. The molecule has 9 nitrogen and oxygen atoms in total. The number of hydrogen-bond donors (Lipinski definition) is 1. The van der Waals surface area contributed by atoms with Crippen molar-refractivity contribution in [2.45, 2.75) is 76.9 Å². The summed E-state index contributed by atoms with van der Waals surface area (Å²) in [7, 11) is 1.32. The third-order valence-corrected chi connectivity index (χ3v) is 10.5. The largest absolute Gasteiger partial charge is 0.490 e. The fourth-order valence-electron chi connectivity index (χ4n) is 7.12. The summed E-state index contributed by atoms with van der Waals surface area (Å²) in [6, 6.07) is 15.0. The molecule has 0 unspecified atom stereocenters. The Morgan fingerprint density at radius 2 is 1.70 bits per heavy atom. The average molecular weight is 750 g/mol. The Hall–Kier alpha value is -4.48. The number of rotatable bonds is 15. The van der Waals surface area contributed by atoms with E-state index < -0.39 is 17.7 Å². The molecule has 1 N–H and O–H groups in total. The van der Waals surface area contributed by atoms with Crippen LogP contribution in [0.3, 0.4) is 0 Å². The van der Waals surface area contributed by atoms with Crippen LogP contribution in [0.25, 0.3) is 5.57 Å². The zero-order valence-corrected chi connectivity index (χ0v) is 31.1. The standard InChI is InChI=1S/C41H46ClF2N3O6/c1-25-20-33(42)36(21-26(25)2)53-19-18-52-31-14-10-27(11-15-31)32-22-29-23-46(37(48)8-5-9-38(49)51-3)24-35(45-29)39(32)41(50)47(30-12-13-30)17-16-28-6-4-7-34(43)40(28)44/h4,6-7,10-11,14-15,20-21,29-30,35,45H,5,8-9,12-13,16-19,22-24H2,1-3H3/t29-,35-/m1/s1. The number of aryl methyl sites for hydroxylation is 2. The van der Waals surface area contributed by atoms with Crippen molar-refractivity contribution < 1.29 is 37.4 Å². The molecule has 2 atom stereocenters. The van der Waals surface area contributed by atoms with E-state index in [0.29, 0.717) is 61.2 Å². The molecule has 12 heteroatoms. The summed E-state index contributed by atoms with van der Waals surface area (Å²) in [6.45, 7) is 5.60. The SMILES string of the molecule is COC(=O)CCCC(=O)N1C[C@H]2CC(c3ccc(OCCOc4cc(C)c(C)cc4Cl)cc3)=C(C(=O)N(CCc3cccc(F)c3F)C3CC3)[C@@H](C1)N2. The van der Waals surface area contributed by atoms with Crippen LogP contribution >= 0.6 is 11.6 Å². The van der Waals surface area contributed by atoms with Crippen LogP contribution in [0.2, 0.25) is 5.02 Å². The molecule has 0 spiro atoms. The highest BCUT2D eigenvalue weighted by atomic mass is 35.5. The first-order chi connectivity index (χ1) is 25.5. The lowest BCUT2D eigenvalue weighted by Gasteiger charge is -2.45. The third-order valence-electron chi connectivity index (χ3n) is 10.2. The van der Waals surface area contributed by atoms with Crippen molar-refractivity contribution in [2.75, 3.05) is 40.0 Å². The number of nitrogens with zero attached hydrogens (tertiary/aromatic N) is 2. The minimum Gasteiger partial charge on any atom is -0.490 e. The maximum atomic E-state index is 14.7. The van der Waals surface area contributed by atoms with Gasteiger partial charge in [0.15, 0.2) is 11.6 Å². The number of amides is 2. The van der Waals surface area contributed by atoms with Crippen molar-refractivity contribution in [3.05, 3.63) is 99.1 Å². The summed E-state index contributed by atoms with van der Waals surface area (Å²) in [5, 5.41) is 4.15. The van der Waals surface area contributed by atoms with Crippen LogP contribution in [0, 0.1) is 25.5 Å². The highest BCUT2D eigenvalue weighted by Crippen LogP contribution is 2.37. The molecular formula is C41H46ClF2N3O6. The van der Waals surface area contributed by atoms with Crippen LogP contribution in [0.4, 0.5) is 8.78 Å². The van der Waals surface area contributed by atoms with Crippen LogP contribution < -0.4 is 14.8 Å². The second-order valence-corrected chi connectivity index (χ2v) is 14.4. The summed E-state index contributed by atoms with van der Waals surface area (Å²) in [5.41, 5.74) is 4.74. The van der Waals surface area contributed by atoms with Crippen molar-refractivity contribution in [3.63, 3.8) is 0 Å². The Kier molecular flexibility index (Phi) is 12.4. The minimum absolute atomic E-state index is 0.00180. The Morgan fingerprint density at radius 1 is 0.962 bits per heavy atom. The first kappa shape index (κ1) is 38.3. The van der Waals surface area contributed by atoms with E-state index in [2.05, 4.69) is 5.32 Å². The zero-order valence-electron chi connectivity index (χ0n) is 30.4. The van der Waals surface area contributed by atoms with Crippen molar-refractivity contribution in [1.29, 1.82) is 0 Å². The van der Waals surface area contributed by atoms with E-state index in [0.717, 1.165) is 41.2 Å². The monoisotopic (exact) mass is 749 g/mol. The number of methoxy groups -OCH3 is 1. The van der Waals surface area contributed by atoms with E-state index in [-0.39, 0.29) is 61.2 Å². The molecule has 1 saturated carbocycles. The molecule has 0 aromatic heterocycles. The number of esters is 1. The third kappa shape index (κ3) is 9.37. The van der Waals surface area contributed by atoms with Gasteiger partial charge in [-0.2, -0.15) is 0 Å². The van der Waals surface area contributed by atoms with Crippen LogP contribution in [-0.4, -0.2) is 85.7 Å². The summed E-state index contributed by atoms with van der Waals surface area (Å²) in [4.78, 5) is 43.2. The van der Waals surface area contributed by atoms with Gasteiger partial charge in [0.2, 0.25) is 5.91 Å². The second kappa shape index (κ2) is 17.1. The summed E-state index contributed by atoms with van der Waals surface area (Å²) in [6.07, 6.45) is 3.07. The lowest BCUT2D eigenvalue weighted by Crippen LogP contribution is -2.62. The smallest absolute Gasteiger partial charge is 0.305 e. The second-order valence-electron chi connectivity index (χ2n) is 14.0. The predicted octanol–water partition coefficient (Wildman–Crippen LogP) is 6.60. The highest BCUT2D eigenvalue weighted by molar-refractivity contribution is 6.32. The van der Waals surface area contributed by atoms with Crippen molar-refractivity contribution in [3.8, 4) is 11.5 Å². The predicted molar refractivity (Wildman–Crippen MR) is 198 cm³/mol. The van der Waals surface area contributed by atoms with Gasteiger partial charge in [-0.3, -0.25) is 14.4 Å². The summed E-state index contributed by atoms with van der Waals surface area (Å²) < 4.78 is 45.2. The number of ether oxygens (including phenoxy) is 3. The van der Waals surface area contributed by atoms with Crippen LogP contribution in [0.1, 0.15) is 60.8 Å². The molecule has 3 aromatic carbocycles. The topological polar surface area (TPSA) is 97.4 Å². The van der Waals surface area contributed by atoms with E-state index in [1.165, 1.54) is 13.2 Å². The van der Waals surface area contributed by atoms with Gasteiger partial charge in [0.1, 0.15) is 24.7 Å². The van der Waals surface area contributed by atoms with Crippen LogP contribution in [0.15, 0.2) is 60.2 Å². The first-order valence-electron chi connectivity index (χ1n) is 18.2. The molecule has 3 aromatic rings. The zero-order chi connectivity index (χ0) is 37.6. The van der Waals surface area contributed by atoms with Gasteiger partial charge in [0.05, 0.1) is 18.2 Å². The maximum absolute atomic E-state index is 14.7. The van der Waals surface area contributed by atoms with Gasteiger partial charge in [-0.1, -0.05) is 35.9 Å². The highest BCUT2D eigenvalue weighted by Gasteiger charge is 2.43. The summed E-state index contributed by atoms with van der Waals surface area (Å²) in [5.74, 6) is -1.16. The lowest BCUT2D eigenvalue weighted by atomic mass is 9.82. The van der Waals surface area contributed by atoms with E-state index in [1.54, 1.807) is 15.9 Å². The van der Waals surface area contributed by atoms with Crippen molar-refractivity contribution >= 4 is 35.0 Å². The number of piperazine rings is 1. The number of halogens is 3. The van der Waals surface area contributed by atoms with Gasteiger partial charge in [-0.15, -0.1) is 0 Å². The van der Waals surface area contributed by atoms with Crippen LogP contribution in [0.5, 0.6) is 11.5 Å². The Morgan fingerprint density at radius 3 is 2.43 bits per heavy atom. The fourth-order valence-corrected chi connectivity index (χ4v) is 7.39. The molecule has 2 fully saturated rings. The lowest BCUT2D eigenvalue weighted by molar-refractivity contribution is -0.141. The molecule has 282 valence electrons. The number of carbonyl (C=O) groups excluding carboxylic acids is 3. The average Bonchev–Trinajstić information content (AvgIpc) is 3.99. The van der Waals surface area contributed by atoms with E-state index in [9.17, 15) is 23.2 Å². The molecule has 6 rings (SSSR count).